The third-order valence-electron chi connectivity index (χ3n) is 6.97. The van der Waals surface area contributed by atoms with Gasteiger partial charge in [0.2, 0.25) is 5.95 Å². The van der Waals surface area contributed by atoms with Gasteiger partial charge >= 0.3 is 0 Å². The van der Waals surface area contributed by atoms with Crippen LogP contribution in [0.25, 0.3) is 0 Å². The van der Waals surface area contributed by atoms with Crippen LogP contribution >= 0.6 is 11.6 Å². The Hall–Kier alpha value is -4.90. The predicted molar refractivity (Wildman–Crippen MR) is 170 cm³/mol. The number of allylic oxidation sites excluding steroid dienone is 2. The highest BCUT2D eigenvalue weighted by molar-refractivity contribution is 6.27. The first-order valence-electron chi connectivity index (χ1n) is 13.8. The maximum absolute atomic E-state index is 13.3. The molecule has 5 rings (SSSR count). The fourth-order valence-electron chi connectivity index (χ4n) is 4.85. The number of carbonyl (C=O) groups is 2. The standard InChI is InChI=1S/C31H33ClN8O3/c1-19(16-34-24-11-7-10-23(32)25(24)29(41)36-21-8-5-4-6-9-21)35-27-26-28(38-31(33)37-27)40(18-39(2)30(26)42)17-20-12-14-22(43-3)15-13-20/h4-9,11-16,19,23H,10,17-18H2,1-3H3,(H,36,41)(H3,33,35,37,38)/b34-16+. The number of methoxy groups -OCH3 is 1. The van der Waals surface area contributed by atoms with Crippen molar-refractivity contribution < 1.29 is 14.3 Å². The molecule has 0 saturated carbocycles. The first kappa shape index (κ1) is 29.6. The van der Waals surface area contributed by atoms with E-state index in [9.17, 15) is 9.59 Å². The normalized spacial score (nSPS) is 17.2. The lowest BCUT2D eigenvalue weighted by Gasteiger charge is -2.36. The van der Waals surface area contributed by atoms with Crippen molar-refractivity contribution in [2.24, 2.45) is 4.99 Å². The third kappa shape index (κ3) is 6.78. The summed E-state index contributed by atoms with van der Waals surface area (Å²) in [5.41, 5.74) is 8.95. The van der Waals surface area contributed by atoms with Crippen LogP contribution in [0.15, 0.2) is 83.0 Å². The number of benzene rings is 2. The number of halogens is 1. The Morgan fingerprint density at radius 3 is 2.67 bits per heavy atom. The number of aliphatic imine (C=N–C) groups is 1. The number of fused-ring (bicyclic) bond motifs is 1. The summed E-state index contributed by atoms with van der Waals surface area (Å²) >= 11 is 6.55. The van der Waals surface area contributed by atoms with Crippen LogP contribution in [-0.2, 0) is 11.3 Å². The van der Waals surface area contributed by atoms with Crippen molar-refractivity contribution in [2.45, 2.75) is 31.3 Å². The van der Waals surface area contributed by atoms with Gasteiger partial charge in [-0.2, -0.15) is 9.97 Å². The van der Waals surface area contributed by atoms with Crippen LogP contribution in [0.4, 0.5) is 23.3 Å². The summed E-state index contributed by atoms with van der Waals surface area (Å²) in [5.74, 6) is 0.991. The van der Waals surface area contributed by atoms with Crippen molar-refractivity contribution in [3.8, 4) is 5.75 Å². The van der Waals surface area contributed by atoms with Crippen LogP contribution in [-0.4, -0.2) is 65.1 Å². The lowest BCUT2D eigenvalue weighted by Crippen LogP contribution is -2.45. The number of alkyl halides is 1. The number of anilines is 4. The van der Waals surface area contributed by atoms with Crippen LogP contribution in [0.1, 0.15) is 29.3 Å². The van der Waals surface area contributed by atoms with Gasteiger partial charge in [0, 0.05) is 25.5 Å². The highest BCUT2D eigenvalue weighted by Gasteiger charge is 2.33. The van der Waals surface area contributed by atoms with E-state index >= 15 is 0 Å². The summed E-state index contributed by atoms with van der Waals surface area (Å²) in [6.45, 7) is 2.68. The van der Waals surface area contributed by atoms with Gasteiger partial charge < -0.3 is 30.9 Å². The molecule has 2 unspecified atom stereocenters. The van der Waals surface area contributed by atoms with Gasteiger partial charge in [0.25, 0.3) is 11.8 Å². The molecule has 2 heterocycles. The van der Waals surface area contributed by atoms with Gasteiger partial charge in [0.05, 0.1) is 36.5 Å². The molecule has 3 aromatic rings. The Balaban J connectivity index is 1.39. The topological polar surface area (TPSA) is 138 Å². The summed E-state index contributed by atoms with van der Waals surface area (Å²) in [6.07, 6.45) is 5.82. The summed E-state index contributed by atoms with van der Waals surface area (Å²) in [6, 6.07) is 16.5. The predicted octanol–water partition coefficient (Wildman–Crippen LogP) is 4.45. The molecule has 1 aromatic heterocycles. The second-order valence-electron chi connectivity index (χ2n) is 10.3. The molecule has 2 amide bonds. The van der Waals surface area contributed by atoms with Gasteiger partial charge in [-0.3, -0.25) is 14.6 Å². The largest absolute Gasteiger partial charge is 0.497 e. The van der Waals surface area contributed by atoms with Crippen molar-refractivity contribution in [2.75, 3.05) is 42.1 Å². The van der Waals surface area contributed by atoms with Gasteiger partial charge in [0.1, 0.15) is 17.1 Å². The van der Waals surface area contributed by atoms with E-state index in [1.165, 1.54) is 0 Å². The molecule has 0 fully saturated rings. The number of nitrogens with one attached hydrogen (secondary N) is 2. The van der Waals surface area contributed by atoms with E-state index in [-0.39, 0.29) is 17.8 Å². The van der Waals surface area contributed by atoms with E-state index < -0.39 is 11.4 Å². The molecule has 2 aliphatic rings. The first-order valence-corrected chi connectivity index (χ1v) is 14.2. The Morgan fingerprint density at radius 2 is 1.95 bits per heavy atom. The molecule has 4 N–H and O–H groups in total. The molecule has 43 heavy (non-hydrogen) atoms. The number of nitrogens with two attached hydrogens (primary N) is 1. The Kier molecular flexibility index (Phi) is 8.91. The maximum atomic E-state index is 13.3. The minimum absolute atomic E-state index is 0.0326. The number of carbonyl (C=O) groups excluding carboxylic acids is 2. The minimum Gasteiger partial charge on any atom is -0.497 e. The molecule has 1 aliphatic carbocycles. The van der Waals surface area contributed by atoms with Crippen LogP contribution in [0.2, 0.25) is 0 Å². The van der Waals surface area contributed by atoms with E-state index in [0.29, 0.717) is 53.8 Å². The Labute approximate surface area is 255 Å². The number of rotatable bonds is 9. The number of ether oxygens (including phenoxy) is 1. The Morgan fingerprint density at radius 1 is 1.21 bits per heavy atom. The SMILES string of the molecule is COc1ccc(CN2CN(C)C(=O)c3c(NC(C)/C=N/C4=C(C(=O)Nc5ccccc5)C(Cl)CC=C4)nc(N)nc32)cc1. The van der Waals surface area contributed by atoms with Gasteiger partial charge in [-0.25, -0.2) is 0 Å². The average molecular weight is 601 g/mol. The summed E-state index contributed by atoms with van der Waals surface area (Å²) in [5, 5.41) is 5.61. The van der Waals surface area contributed by atoms with Gasteiger partial charge in [-0.05, 0) is 49.2 Å². The molecule has 0 radical (unpaired) electrons. The molecule has 2 aromatic carbocycles. The molecule has 1 aliphatic heterocycles. The quantitative estimate of drug-likeness (QED) is 0.242. The Bertz CT molecular complexity index is 1590. The van der Waals surface area contributed by atoms with Crippen LogP contribution in [0.5, 0.6) is 5.75 Å². The monoisotopic (exact) mass is 600 g/mol. The van der Waals surface area contributed by atoms with E-state index in [4.69, 9.17) is 22.1 Å². The average Bonchev–Trinajstić information content (AvgIpc) is 2.99. The van der Waals surface area contributed by atoms with Crippen molar-refractivity contribution in [3.05, 3.63) is 89.1 Å². The third-order valence-corrected chi connectivity index (χ3v) is 7.36. The van der Waals surface area contributed by atoms with E-state index in [1.807, 2.05) is 60.4 Å². The number of hydrogen-bond donors (Lipinski definition) is 3. The molecule has 12 heteroatoms. The fraction of sp³-hybridized carbons (Fsp3) is 0.258. The number of nitrogen functional groups attached to an aromatic ring is 1. The molecule has 0 saturated heterocycles. The number of para-hydroxylation sites is 1. The molecular weight excluding hydrogens is 568 g/mol. The number of aromatic nitrogens is 2. The highest BCUT2D eigenvalue weighted by Crippen LogP contribution is 2.32. The molecule has 0 bridgehead atoms. The van der Waals surface area contributed by atoms with E-state index in [0.717, 1.165) is 11.3 Å². The molecule has 11 nitrogen and oxygen atoms in total. The van der Waals surface area contributed by atoms with Crippen molar-refractivity contribution in [1.82, 2.24) is 14.9 Å². The second-order valence-corrected chi connectivity index (χ2v) is 10.8. The van der Waals surface area contributed by atoms with Gasteiger partial charge in [0.15, 0.2) is 5.82 Å². The van der Waals surface area contributed by atoms with Gasteiger partial charge in [-0.15, -0.1) is 11.6 Å². The van der Waals surface area contributed by atoms with Crippen LogP contribution in [0, 0.1) is 0 Å². The molecule has 222 valence electrons. The zero-order chi connectivity index (χ0) is 30.5. The fourth-order valence-corrected chi connectivity index (χ4v) is 5.17. The first-order chi connectivity index (χ1) is 20.7. The molecule has 2 atom stereocenters. The van der Waals surface area contributed by atoms with Crippen molar-refractivity contribution in [3.63, 3.8) is 0 Å². The van der Waals surface area contributed by atoms with Crippen LogP contribution < -0.4 is 26.0 Å². The summed E-state index contributed by atoms with van der Waals surface area (Å²) in [7, 11) is 3.35. The molecule has 0 spiro atoms. The summed E-state index contributed by atoms with van der Waals surface area (Å²) < 4.78 is 5.26. The minimum atomic E-state index is -0.525. The van der Waals surface area contributed by atoms with E-state index in [2.05, 4.69) is 25.6 Å². The molecular formula is C31H33ClN8O3. The maximum Gasteiger partial charge on any atom is 0.262 e. The lowest BCUT2D eigenvalue weighted by atomic mass is 10.0. The zero-order valence-corrected chi connectivity index (χ0v) is 24.9. The van der Waals surface area contributed by atoms with Crippen molar-refractivity contribution >= 4 is 52.9 Å². The number of nitrogens with zero attached hydrogens (tertiary/aromatic N) is 5. The van der Waals surface area contributed by atoms with Crippen molar-refractivity contribution in [1.29, 1.82) is 0 Å². The van der Waals surface area contributed by atoms with Crippen LogP contribution in [0.3, 0.4) is 0 Å². The lowest BCUT2D eigenvalue weighted by molar-refractivity contribution is -0.113. The van der Waals surface area contributed by atoms with Gasteiger partial charge in [-0.1, -0.05) is 36.4 Å². The number of hydrogen-bond acceptors (Lipinski definition) is 9. The second kappa shape index (κ2) is 13.0. The number of amides is 2. The smallest absolute Gasteiger partial charge is 0.262 e. The summed E-state index contributed by atoms with van der Waals surface area (Å²) in [4.78, 5) is 43.4. The zero-order valence-electron chi connectivity index (χ0n) is 24.1. The highest BCUT2D eigenvalue weighted by atomic mass is 35.5. The van der Waals surface area contributed by atoms with E-state index in [1.54, 1.807) is 43.5 Å².